The lowest BCUT2D eigenvalue weighted by atomic mass is 10.2. The highest BCUT2D eigenvalue weighted by molar-refractivity contribution is 6.30. The molecule has 0 aliphatic rings. The summed E-state index contributed by atoms with van der Waals surface area (Å²) >= 11 is 5.89. The van der Waals surface area contributed by atoms with Crippen LogP contribution in [0.15, 0.2) is 77.9 Å². The summed E-state index contributed by atoms with van der Waals surface area (Å²) in [6, 6.07) is 22.0. The van der Waals surface area contributed by atoms with Gasteiger partial charge in [0.05, 0.1) is 18.4 Å². The van der Waals surface area contributed by atoms with Crippen molar-refractivity contribution in [2.24, 2.45) is 5.10 Å². The van der Waals surface area contributed by atoms with Gasteiger partial charge in [0, 0.05) is 5.02 Å². The number of rotatable bonds is 8. The molecule has 0 aromatic heterocycles. The van der Waals surface area contributed by atoms with Crippen LogP contribution in [-0.4, -0.2) is 18.7 Å². The van der Waals surface area contributed by atoms with E-state index in [1.807, 2.05) is 61.5 Å². The van der Waals surface area contributed by atoms with Crippen molar-refractivity contribution in [3.63, 3.8) is 0 Å². The van der Waals surface area contributed by atoms with Gasteiger partial charge in [-0.15, -0.1) is 0 Å². The summed E-state index contributed by atoms with van der Waals surface area (Å²) in [7, 11) is 0. The number of hydrogen-bond donors (Lipinski definition) is 1. The Morgan fingerprint density at radius 3 is 2.62 bits per heavy atom. The van der Waals surface area contributed by atoms with Gasteiger partial charge in [0.15, 0.2) is 0 Å². The standard InChI is InChI=1S/C23H21ClN2O3/c1-2-28-22-9-4-3-8-21(22)23(27)26-25-15-18-6-5-7-20(14-18)29-16-17-10-12-19(24)13-11-17/h3-15H,2,16H2,1H3,(H,26,27)/b25-15-. The molecular formula is C23H21ClN2O3. The summed E-state index contributed by atoms with van der Waals surface area (Å²) in [4.78, 5) is 12.3. The second-order valence-corrected chi connectivity index (χ2v) is 6.55. The van der Waals surface area contributed by atoms with Crippen molar-refractivity contribution in [1.82, 2.24) is 5.43 Å². The first-order valence-corrected chi connectivity index (χ1v) is 9.56. The minimum Gasteiger partial charge on any atom is -0.493 e. The fraction of sp³-hybridized carbons (Fsp3) is 0.130. The van der Waals surface area contributed by atoms with Crippen molar-refractivity contribution in [2.75, 3.05) is 6.61 Å². The van der Waals surface area contributed by atoms with Gasteiger partial charge in [-0.25, -0.2) is 5.43 Å². The quantitative estimate of drug-likeness (QED) is 0.417. The number of amides is 1. The SMILES string of the molecule is CCOc1ccccc1C(=O)N/N=C\c1cccc(OCc2ccc(Cl)cc2)c1. The van der Waals surface area contributed by atoms with Crippen molar-refractivity contribution in [3.8, 4) is 11.5 Å². The zero-order chi connectivity index (χ0) is 20.5. The van der Waals surface area contributed by atoms with Gasteiger partial charge >= 0.3 is 0 Å². The molecule has 3 aromatic rings. The highest BCUT2D eigenvalue weighted by atomic mass is 35.5. The smallest absolute Gasteiger partial charge is 0.275 e. The van der Waals surface area contributed by atoms with Crippen molar-refractivity contribution in [3.05, 3.63) is 94.5 Å². The molecule has 0 bridgehead atoms. The van der Waals surface area contributed by atoms with E-state index in [4.69, 9.17) is 21.1 Å². The molecule has 0 heterocycles. The third-order valence-electron chi connectivity index (χ3n) is 3.99. The number of carbonyl (C=O) groups excluding carboxylic acids is 1. The molecule has 0 aliphatic carbocycles. The van der Waals surface area contributed by atoms with E-state index in [1.54, 1.807) is 24.4 Å². The van der Waals surface area contributed by atoms with E-state index in [0.717, 1.165) is 11.1 Å². The van der Waals surface area contributed by atoms with Crippen molar-refractivity contribution in [1.29, 1.82) is 0 Å². The third-order valence-corrected chi connectivity index (χ3v) is 4.24. The van der Waals surface area contributed by atoms with Crippen LogP contribution in [0.3, 0.4) is 0 Å². The van der Waals surface area contributed by atoms with Gasteiger partial charge in [-0.3, -0.25) is 4.79 Å². The minimum absolute atomic E-state index is 0.333. The monoisotopic (exact) mass is 408 g/mol. The summed E-state index contributed by atoms with van der Waals surface area (Å²) in [6.45, 7) is 2.79. The lowest BCUT2D eigenvalue weighted by Crippen LogP contribution is -2.18. The van der Waals surface area contributed by atoms with E-state index in [2.05, 4.69) is 10.5 Å². The van der Waals surface area contributed by atoms with Crippen LogP contribution in [0, 0.1) is 0 Å². The molecule has 0 fully saturated rings. The maximum absolute atomic E-state index is 12.3. The molecule has 0 radical (unpaired) electrons. The Morgan fingerprint density at radius 1 is 1.03 bits per heavy atom. The Bertz CT molecular complexity index is 987. The maximum Gasteiger partial charge on any atom is 0.275 e. The predicted molar refractivity (Wildman–Crippen MR) is 115 cm³/mol. The fourth-order valence-corrected chi connectivity index (χ4v) is 2.72. The molecule has 6 heteroatoms. The number of hydrazone groups is 1. The normalized spacial score (nSPS) is 10.7. The van der Waals surface area contributed by atoms with Gasteiger partial charge in [-0.05, 0) is 54.4 Å². The van der Waals surface area contributed by atoms with Crippen molar-refractivity contribution >= 4 is 23.7 Å². The molecule has 0 saturated carbocycles. The topological polar surface area (TPSA) is 59.9 Å². The van der Waals surface area contributed by atoms with Gasteiger partial charge < -0.3 is 9.47 Å². The van der Waals surface area contributed by atoms with Crippen LogP contribution in [0.25, 0.3) is 0 Å². The average Bonchev–Trinajstić information content (AvgIpc) is 2.74. The van der Waals surface area contributed by atoms with Crippen molar-refractivity contribution < 1.29 is 14.3 Å². The molecule has 0 aliphatic heterocycles. The number of para-hydroxylation sites is 1. The highest BCUT2D eigenvalue weighted by Crippen LogP contribution is 2.18. The van der Waals surface area contributed by atoms with Crippen LogP contribution >= 0.6 is 11.6 Å². The van der Waals surface area contributed by atoms with Gasteiger partial charge in [0.2, 0.25) is 0 Å². The maximum atomic E-state index is 12.3. The van der Waals surface area contributed by atoms with Crippen LogP contribution in [0.5, 0.6) is 11.5 Å². The van der Waals surface area contributed by atoms with Crippen molar-refractivity contribution in [2.45, 2.75) is 13.5 Å². The van der Waals surface area contributed by atoms with Gasteiger partial charge in [-0.1, -0.05) is 48.0 Å². The van der Waals surface area contributed by atoms with E-state index < -0.39 is 0 Å². The number of benzene rings is 3. The molecule has 3 aromatic carbocycles. The molecule has 1 N–H and O–H groups in total. The first-order chi connectivity index (χ1) is 14.2. The molecule has 1 amide bonds. The molecule has 148 valence electrons. The van der Waals surface area contributed by atoms with E-state index in [9.17, 15) is 4.79 Å². The van der Waals surface area contributed by atoms with Gasteiger partial charge in [0.1, 0.15) is 18.1 Å². The number of nitrogens with zero attached hydrogens (tertiary/aromatic N) is 1. The summed E-state index contributed by atoms with van der Waals surface area (Å²) in [5.74, 6) is 0.901. The Hall–Kier alpha value is -3.31. The number of hydrogen-bond acceptors (Lipinski definition) is 4. The molecule has 0 spiro atoms. The first-order valence-electron chi connectivity index (χ1n) is 9.18. The average molecular weight is 409 g/mol. The Morgan fingerprint density at radius 2 is 1.83 bits per heavy atom. The van der Waals surface area contributed by atoms with Crippen LogP contribution in [0.2, 0.25) is 5.02 Å². The number of halogens is 1. The zero-order valence-corrected chi connectivity index (χ0v) is 16.7. The summed E-state index contributed by atoms with van der Waals surface area (Å²) in [5.41, 5.74) is 4.79. The molecule has 0 saturated heterocycles. The Labute approximate surface area is 174 Å². The molecule has 3 rings (SSSR count). The molecule has 29 heavy (non-hydrogen) atoms. The third kappa shape index (κ3) is 6.09. The van der Waals surface area contributed by atoms with Crippen LogP contribution in [-0.2, 0) is 6.61 Å². The second kappa shape index (κ2) is 10.3. The lowest BCUT2D eigenvalue weighted by Gasteiger charge is -2.08. The number of nitrogens with one attached hydrogen (secondary N) is 1. The summed E-state index contributed by atoms with van der Waals surface area (Å²) < 4.78 is 11.3. The van der Waals surface area contributed by atoms with E-state index in [0.29, 0.717) is 35.3 Å². The minimum atomic E-state index is -0.333. The summed E-state index contributed by atoms with van der Waals surface area (Å²) in [6.07, 6.45) is 1.57. The zero-order valence-electron chi connectivity index (χ0n) is 16.0. The van der Waals surface area contributed by atoms with Crippen LogP contribution < -0.4 is 14.9 Å². The van der Waals surface area contributed by atoms with E-state index in [1.165, 1.54) is 0 Å². The predicted octanol–water partition coefficient (Wildman–Crippen LogP) is 5.08. The largest absolute Gasteiger partial charge is 0.493 e. The van der Waals surface area contributed by atoms with E-state index in [-0.39, 0.29) is 5.91 Å². The second-order valence-electron chi connectivity index (χ2n) is 6.12. The van der Waals surface area contributed by atoms with Crippen LogP contribution in [0.4, 0.5) is 0 Å². The Balaban J connectivity index is 1.59. The molecule has 0 atom stereocenters. The van der Waals surface area contributed by atoms with Gasteiger partial charge in [-0.2, -0.15) is 5.10 Å². The fourth-order valence-electron chi connectivity index (χ4n) is 2.59. The van der Waals surface area contributed by atoms with Gasteiger partial charge in [0.25, 0.3) is 5.91 Å². The molecule has 0 unspecified atom stereocenters. The van der Waals surface area contributed by atoms with E-state index >= 15 is 0 Å². The number of carbonyl (C=O) groups is 1. The molecular weight excluding hydrogens is 388 g/mol. The summed E-state index contributed by atoms with van der Waals surface area (Å²) in [5, 5.41) is 4.73. The lowest BCUT2D eigenvalue weighted by molar-refractivity contribution is 0.0951. The number of ether oxygens (including phenoxy) is 2. The highest BCUT2D eigenvalue weighted by Gasteiger charge is 2.10. The molecule has 5 nitrogen and oxygen atoms in total. The van der Waals surface area contributed by atoms with Crippen LogP contribution in [0.1, 0.15) is 28.4 Å². The Kier molecular flexibility index (Phi) is 7.25. The first kappa shape index (κ1) is 20.4.